The average Bonchev–Trinajstić information content (AvgIpc) is 2.74. The quantitative estimate of drug-likeness (QED) is 0.435. The summed E-state index contributed by atoms with van der Waals surface area (Å²) >= 11 is 0. The van der Waals surface area contributed by atoms with Gasteiger partial charge in [0.2, 0.25) is 0 Å². The SMILES string of the molecule is Cc1ccc(CCC23CCC(c4ccc(C)c(F)c4F)(CC2)C(F)(F)C3F)c(F)c1F. The van der Waals surface area contributed by atoms with Crippen LogP contribution in [0.2, 0.25) is 0 Å². The third kappa shape index (κ3) is 3.02. The number of fused-ring (bicyclic) bond motifs is 3. The third-order valence-corrected chi connectivity index (χ3v) is 7.63. The summed E-state index contributed by atoms with van der Waals surface area (Å²) in [6.07, 6.45) is -3.09. The van der Waals surface area contributed by atoms with Crippen molar-refractivity contribution in [1.82, 2.24) is 0 Å². The van der Waals surface area contributed by atoms with Crippen molar-refractivity contribution in [3.05, 3.63) is 69.8 Å². The maximum Gasteiger partial charge on any atom is 0.288 e. The first-order valence-electron chi connectivity index (χ1n) is 10.4. The summed E-state index contributed by atoms with van der Waals surface area (Å²) in [6, 6.07) is 5.15. The molecule has 3 aliphatic carbocycles. The van der Waals surface area contributed by atoms with Gasteiger partial charge in [-0.1, -0.05) is 24.3 Å². The summed E-state index contributed by atoms with van der Waals surface area (Å²) in [6.45, 7) is 2.74. The highest BCUT2D eigenvalue weighted by atomic mass is 19.3. The second-order valence-corrected chi connectivity index (χ2v) is 9.16. The van der Waals surface area contributed by atoms with Crippen LogP contribution in [-0.4, -0.2) is 12.1 Å². The zero-order chi connectivity index (χ0) is 22.8. The van der Waals surface area contributed by atoms with Crippen molar-refractivity contribution in [2.45, 2.75) is 69.9 Å². The molecule has 2 bridgehead atoms. The van der Waals surface area contributed by atoms with Crippen LogP contribution in [0.15, 0.2) is 24.3 Å². The molecular weight excluding hydrogens is 421 g/mol. The minimum atomic E-state index is -3.91. The van der Waals surface area contributed by atoms with Gasteiger partial charge in [-0.25, -0.2) is 30.7 Å². The van der Waals surface area contributed by atoms with Crippen LogP contribution in [0.3, 0.4) is 0 Å². The third-order valence-electron chi connectivity index (χ3n) is 7.63. The molecule has 2 aromatic rings. The fraction of sp³-hybridized carbons (Fsp3) is 0.500. The second-order valence-electron chi connectivity index (χ2n) is 9.16. The summed E-state index contributed by atoms with van der Waals surface area (Å²) in [5, 5.41) is 0. The maximum atomic E-state index is 15.4. The second kappa shape index (κ2) is 7.24. The summed E-state index contributed by atoms with van der Waals surface area (Å²) < 4.78 is 103. The Morgan fingerprint density at radius 3 is 1.94 bits per heavy atom. The topological polar surface area (TPSA) is 0 Å². The molecule has 1 unspecified atom stereocenters. The van der Waals surface area contributed by atoms with E-state index in [0.717, 1.165) is 6.07 Å². The van der Waals surface area contributed by atoms with Gasteiger partial charge >= 0.3 is 0 Å². The van der Waals surface area contributed by atoms with E-state index < -0.39 is 51.8 Å². The zero-order valence-electron chi connectivity index (χ0n) is 17.3. The van der Waals surface area contributed by atoms with Crippen molar-refractivity contribution in [2.24, 2.45) is 5.41 Å². The lowest BCUT2D eigenvalue weighted by atomic mass is 9.48. The normalized spacial score (nSPS) is 29.4. The molecule has 0 aromatic heterocycles. The van der Waals surface area contributed by atoms with Crippen LogP contribution in [0.25, 0.3) is 0 Å². The first-order valence-corrected chi connectivity index (χ1v) is 10.4. The summed E-state index contributed by atoms with van der Waals surface area (Å²) in [4.78, 5) is 0. The van der Waals surface area contributed by atoms with Gasteiger partial charge in [0, 0.05) is 11.0 Å². The van der Waals surface area contributed by atoms with Gasteiger partial charge in [-0.2, -0.15) is 0 Å². The standard InChI is InChI=1S/C24H23F7/c1-13-3-5-15(19(27)17(13)25)7-8-22-9-11-23(12-10-22,24(30,31)21(22)29)16-6-4-14(2)18(26)20(16)28/h3-6,21H,7-12H2,1-2H3. The molecule has 0 amide bonds. The lowest BCUT2D eigenvalue weighted by molar-refractivity contribution is -0.239. The van der Waals surface area contributed by atoms with Crippen LogP contribution in [0.5, 0.6) is 0 Å². The van der Waals surface area contributed by atoms with E-state index in [1.807, 2.05) is 0 Å². The van der Waals surface area contributed by atoms with Crippen LogP contribution < -0.4 is 0 Å². The fourth-order valence-corrected chi connectivity index (χ4v) is 5.49. The largest absolute Gasteiger partial charge is 0.288 e. The van der Waals surface area contributed by atoms with Gasteiger partial charge in [-0.3, -0.25) is 0 Å². The Morgan fingerprint density at radius 1 is 0.774 bits per heavy atom. The van der Waals surface area contributed by atoms with Crippen LogP contribution in [0, 0.1) is 42.5 Å². The molecular formula is C24H23F7. The van der Waals surface area contributed by atoms with E-state index in [1.54, 1.807) is 0 Å². The Bertz CT molecular complexity index is 1020. The lowest BCUT2D eigenvalue weighted by Crippen LogP contribution is -2.66. The van der Waals surface area contributed by atoms with E-state index in [9.17, 15) is 17.6 Å². The first kappa shape index (κ1) is 22.2. The van der Waals surface area contributed by atoms with Crippen molar-refractivity contribution in [1.29, 1.82) is 0 Å². The Hall–Kier alpha value is -2.05. The monoisotopic (exact) mass is 444 g/mol. The molecule has 0 spiro atoms. The van der Waals surface area contributed by atoms with Crippen LogP contribution in [0.1, 0.15) is 54.4 Å². The molecule has 0 heterocycles. The molecule has 168 valence electrons. The lowest BCUT2D eigenvalue weighted by Gasteiger charge is -2.59. The highest BCUT2D eigenvalue weighted by molar-refractivity contribution is 5.38. The van der Waals surface area contributed by atoms with Crippen LogP contribution in [-0.2, 0) is 11.8 Å². The number of halogens is 7. The van der Waals surface area contributed by atoms with Gasteiger partial charge in [-0.15, -0.1) is 0 Å². The number of benzene rings is 2. The number of rotatable bonds is 4. The number of aryl methyl sites for hydroxylation is 3. The van der Waals surface area contributed by atoms with E-state index in [1.165, 1.54) is 32.0 Å². The van der Waals surface area contributed by atoms with Crippen molar-refractivity contribution in [3.8, 4) is 0 Å². The summed E-state index contributed by atoms with van der Waals surface area (Å²) in [7, 11) is 0. The number of alkyl halides is 3. The highest BCUT2D eigenvalue weighted by Crippen LogP contribution is 2.66. The number of hydrogen-bond acceptors (Lipinski definition) is 0. The van der Waals surface area contributed by atoms with Gasteiger partial charge in [0.05, 0.1) is 5.41 Å². The summed E-state index contributed by atoms with van der Waals surface area (Å²) in [5.74, 6) is -8.50. The smallest absolute Gasteiger partial charge is 0.240 e. The minimum absolute atomic E-state index is 0.00825. The molecule has 0 saturated heterocycles. The number of hydrogen-bond donors (Lipinski definition) is 0. The van der Waals surface area contributed by atoms with Gasteiger partial charge in [-0.05, 0) is 69.1 Å². The highest BCUT2D eigenvalue weighted by Gasteiger charge is 2.72. The molecule has 0 nitrogen and oxygen atoms in total. The fourth-order valence-electron chi connectivity index (χ4n) is 5.49. The van der Waals surface area contributed by atoms with Crippen LogP contribution >= 0.6 is 0 Å². The van der Waals surface area contributed by atoms with E-state index >= 15 is 13.2 Å². The van der Waals surface area contributed by atoms with Crippen molar-refractivity contribution < 1.29 is 30.7 Å². The van der Waals surface area contributed by atoms with E-state index in [4.69, 9.17) is 0 Å². The molecule has 31 heavy (non-hydrogen) atoms. The predicted molar refractivity (Wildman–Crippen MR) is 103 cm³/mol. The molecule has 3 aliphatic rings. The Kier molecular flexibility index (Phi) is 5.17. The molecule has 3 saturated carbocycles. The Balaban J connectivity index is 1.65. The molecule has 0 radical (unpaired) electrons. The molecule has 3 fully saturated rings. The summed E-state index contributed by atoms with van der Waals surface area (Å²) in [5.41, 5.74) is -3.88. The van der Waals surface area contributed by atoms with Crippen molar-refractivity contribution in [3.63, 3.8) is 0 Å². The molecule has 2 aromatic carbocycles. The van der Waals surface area contributed by atoms with E-state index in [0.29, 0.717) is 0 Å². The molecule has 7 heteroatoms. The predicted octanol–water partition coefficient (Wildman–Crippen LogP) is 7.28. The zero-order valence-corrected chi connectivity index (χ0v) is 17.3. The Morgan fingerprint density at radius 2 is 1.32 bits per heavy atom. The van der Waals surface area contributed by atoms with Gasteiger partial charge in [0.15, 0.2) is 29.4 Å². The van der Waals surface area contributed by atoms with E-state index in [-0.39, 0.29) is 55.2 Å². The van der Waals surface area contributed by atoms with Gasteiger partial charge in [0.25, 0.3) is 5.92 Å². The molecule has 0 aliphatic heterocycles. The van der Waals surface area contributed by atoms with Gasteiger partial charge in [0.1, 0.15) is 0 Å². The van der Waals surface area contributed by atoms with E-state index in [2.05, 4.69) is 0 Å². The van der Waals surface area contributed by atoms with Crippen molar-refractivity contribution in [2.75, 3.05) is 0 Å². The average molecular weight is 444 g/mol. The maximum absolute atomic E-state index is 15.4. The van der Waals surface area contributed by atoms with Crippen LogP contribution in [0.4, 0.5) is 30.7 Å². The van der Waals surface area contributed by atoms with Gasteiger partial charge < -0.3 is 0 Å². The van der Waals surface area contributed by atoms with Crippen molar-refractivity contribution >= 4 is 0 Å². The molecule has 1 atom stereocenters. The molecule has 5 rings (SSSR count). The minimum Gasteiger partial charge on any atom is -0.240 e. The first-order chi connectivity index (χ1) is 14.5. The Labute approximate surface area is 176 Å². The molecule has 0 N–H and O–H groups in total.